The molecule has 2 aromatic carbocycles. The summed E-state index contributed by atoms with van der Waals surface area (Å²) in [5.74, 6) is 0.839. The lowest BCUT2D eigenvalue weighted by Crippen LogP contribution is -2.31. The van der Waals surface area contributed by atoms with Crippen LogP contribution in [0.25, 0.3) is 0 Å². The Morgan fingerprint density at radius 1 is 1.24 bits per heavy atom. The van der Waals surface area contributed by atoms with Gasteiger partial charge in [-0.15, -0.1) is 0 Å². The van der Waals surface area contributed by atoms with Crippen molar-refractivity contribution in [3.05, 3.63) is 53.1 Å². The minimum absolute atomic E-state index is 0.167. The van der Waals surface area contributed by atoms with Crippen molar-refractivity contribution < 1.29 is 14.6 Å². The molecule has 1 heterocycles. The Labute approximate surface area is 123 Å². The molecule has 0 radical (unpaired) electrons. The van der Waals surface area contributed by atoms with Crippen LogP contribution in [0, 0.1) is 13.8 Å². The monoisotopic (exact) mass is 283 g/mol. The molecule has 0 aromatic heterocycles. The lowest BCUT2D eigenvalue weighted by molar-refractivity contribution is -0.122. The number of carbonyl (C=O) groups is 1. The van der Waals surface area contributed by atoms with E-state index in [0.717, 1.165) is 22.4 Å². The van der Waals surface area contributed by atoms with E-state index in [4.69, 9.17) is 4.74 Å². The van der Waals surface area contributed by atoms with Crippen molar-refractivity contribution in [2.75, 3.05) is 5.32 Å². The van der Waals surface area contributed by atoms with Gasteiger partial charge in [-0.3, -0.25) is 4.79 Å². The normalized spacial score (nSPS) is 16.2. The largest absolute Gasteiger partial charge is 0.508 e. The van der Waals surface area contributed by atoms with Crippen molar-refractivity contribution in [2.24, 2.45) is 0 Å². The van der Waals surface area contributed by atoms with E-state index in [9.17, 15) is 9.90 Å². The number of rotatable bonds is 2. The molecule has 21 heavy (non-hydrogen) atoms. The van der Waals surface area contributed by atoms with E-state index < -0.39 is 6.10 Å². The van der Waals surface area contributed by atoms with Crippen molar-refractivity contribution >= 4 is 11.6 Å². The van der Waals surface area contributed by atoms with Gasteiger partial charge < -0.3 is 15.2 Å². The molecule has 3 rings (SSSR count). The number of anilines is 1. The molecule has 0 saturated heterocycles. The van der Waals surface area contributed by atoms with E-state index in [1.165, 1.54) is 0 Å². The number of phenolic OH excluding ortho intramolecular Hbond substituents is 1. The smallest absolute Gasteiger partial charge is 0.265 e. The van der Waals surface area contributed by atoms with Crippen LogP contribution in [0.5, 0.6) is 11.5 Å². The number of para-hydroxylation sites is 1. The maximum atomic E-state index is 12.3. The summed E-state index contributed by atoms with van der Waals surface area (Å²) in [7, 11) is 0. The quantitative estimate of drug-likeness (QED) is 0.833. The lowest BCUT2D eigenvalue weighted by atomic mass is 10.1. The molecule has 2 aromatic rings. The molecule has 0 bridgehead atoms. The number of aromatic hydroxyl groups is 1. The Bertz CT molecular complexity index is 684. The zero-order valence-electron chi connectivity index (χ0n) is 12.0. The van der Waals surface area contributed by atoms with Gasteiger partial charge in [-0.2, -0.15) is 0 Å². The van der Waals surface area contributed by atoms with Gasteiger partial charge in [0.05, 0.1) is 0 Å². The van der Waals surface area contributed by atoms with Crippen LogP contribution in [-0.4, -0.2) is 17.1 Å². The second-order valence-electron chi connectivity index (χ2n) is 5.36. The summed E-state index contributed by atoms with van der Waals surface area (Å²) in [6.07, 6.45) is 0.0777. The Hall–Kier alpha value is -2.49. The molecule has 0 spiro atoms. The molecule has 4 heteroatoms. The topological polar surface area (TPSA) is 58.6 Å². The van der Waals surface area contributed by atoms with Crippen LogP contribution in [-0.2, 0) is 11.2 Å². The molecular formula is C17H17NO3. The molecule has 0 saturated carbocycles. The number of ether oxygens (including phenoxy) is 1. The van der Waals surface area contributed by atoms with E-state index in [0.29, 0.717) is 12.1 Å². The van der Waals surface area contributed by atoms with Crippen LogP contribution >= 0.6 is 0 Å². The first-order valence-corrected chi connectivity index (χ1v) is 6.90. The Morgan fingerprint density at radius 3 is 2.76 bits per heavy atom. The van der Waals surface area contributed by atoms with Gasteiger partial charge in [-0.05, 0) is 48.7 Å². The number of fused-ring (bicyclic) bond motifs is 1. The standard InChI is InChI=1S/C17H17NO3/c1-10-8-14(19)11(2)7-13(10)18-17(20)16-9-12-5-3-4-6-15(12)21-16/h3-8,16,19H,9H2,1-2H3,(H,18,20). The molecule has 1 unspecified atom stereocenters. The number of aryl methyl sites for hydroxylation is 2. The summed E-state index contributed by atoms with van der Waals surface area (Å²) >= 11 is 0. The molecule has 0 aliphatic carbocycles. The Kier molecular flexibility index (Phi) is 3.29. The zero-order valence-corrected chi connectivity index (χ0v) is 12.0. The van der Waals surface area contributed by atoms with Gasteiger partial charge in [0.1, 0.15) is 11.5 Å². The summed E-state index contributed by atoms with van der Waals surface area (Å²) in [5, 5.41) is 12.5. The van der Waals surface area contributed by atoms with Gasteiger partial charge in [0, 0.05) is 12.1 Å². The molecular weight excluding hydrogens is 266 g/mol. The maximum absolute atomic E-state index is 12.3. The highest BCUT2D eigenvalue weighted by Gasteiger charge is 2.29. The van der Waals surface area contributed by atoms with E-state index in [1.807, 2.05) is 31.2 Å². The molecule has 1 atom stereocenters. The molecule has 1 aliphatic rings. The number of carbonyl (C=O) groups excluding carboxylic acids is 1. The lowest BCUT2D eigenvalue weighted by Gasteiger charge is -2.14. The van der Waals surface area contributed by atoms with Gasteiger partial charge in [-0.1, -0.05) is 18.2 Å². The summed E-state index contributed by atoms with van der Waals surface area (Å²) in [6.45, 7) is 3.64. The minimum atomic E-state index is -0.504. The minimum Gasteiger partial charge on any atom is -0.508 e. The van der Waals surface area contributed by atoms with Crippen LogP contribution in [0.4, 0.5) is 5.69 Å². The third-order valence-corrected chi connectivity index (χ3v) is 3.74. The van der Waals surface area contributed by atoms with E-state index in [1.54, 1.807) is 19.1 Å². The van der Waals surface area contributed by atoms with E-state index in [-0.39, 0.29) is 11.7 Å². The molecule has 4 nitrogen and oxygen atoms in total. The summed E-state index contributed by atoms with van der Waals surface area (Å²) < 4.78 is 5.67. The SMILES string of the molecule is Cc1cc(NC(=O)C2Cc3ccccc3O2)c(C)cc1O. The molecule has 1 amide bonds. The van der Waals surface area contributed by atoms with Crippen molar-refractivity contribution in [1.29, 1.82) is 0 Å². The number of nitrogens with one attached hydrogen (secondary N) is 1. The maximum Gasteiger partial charge on any atom is 0.265 e. The van der Waals surface area contributed by atoms with Gasteiger partial charge >= 0.3 is 0 Å². The number of hydrogen-bond acceptors (Lipinski definition) is 3. The van der Waals surface area contributed by atoms with Crippen LogP contribution in [0.3, 0.4) is 0 Å². The second-order valence-corrected chi connectivity index (χ2v) is 5.36. The van der Waals surface area contributed by atoms with Crippen LogP contribution < -0.4 is 10.1 Å². The first-order valence-electron chi connectivity index (χ1n) is 6.90. The van der Waals surface area contributed by atoms with E-state index >= 15 is 0 Å². The number of amides is 1. The fourth-order valence-electron chi connectivity index (χ4n) is 2.48. The van der Waals surface area contributed by atoms with E-state index in [2.05, 4.69) is 5.32 Å². The van der Waals surface area contributed by atoms with Crippen LogP contribution in [0.1, 0.15) is 16.7 Å². The third kappa shape index (κ3) is 2.57. The van der Waals surface area contributed by atoms with Crippen molar-refractivity contribution in [3.63, 3.8) is 0 Å². The predicted octanol–water partition coefficient (Wildman–Crippen LogP) is 2.95. The van der Waals surface area contributed by atoms with Crippen molar-refractivity contribution in [2.45, 2.75) is 26.4 Å². The number of benzene rings is 2. The number of hydrogen-bond donors (Lipinski definition) is 2. The fraction of sp³-hybridized carbons (Fsp3) is 0.235. The van der Waals surface area contributed by atoms with Crippen molar-refractivity contribution in [3.8, 4) is 11.5 Å². The predicted molar refractivity (Wildman–Crippen MR) is 80.8 cm³/mol. The highest BCUT2D eigenvalue weighted by atomic mass is 16.5. The Balaban J connectivity index is 1.75. The van der Waals surface area contributed by atoms with Crippen LogP contribution in [0.15, 0.2) is 36.4 Å². The second kappa shape index (κ2) is 5.13. The first-order chi connectivity index (χ1) is 10.0. The third-order valence-electron chi connectivity index (χ3n) is 3.74. The molecule has 0 fully saturated rings. The van der Waals surface area contributed by atoms with Gasteiger partial charge in [0.15, 0.2) is 6.10 Å². The van der Waals surface area contributed by atoms with Gasteiger partial charge in [-0.25, -0.2) is 0 Å². The molecule has 1 aliphatic heterocycles. The first kappa shape index (κ1) is 13.5. The summed E-state index contributed by atoms with van der Waals surface area (Å²) in [5.41, 5.74) is 3.31. The Morgan fingerprint density at radius 2 is 2.00 bits per heavy atom. The molecule has 108 valence electrons. The van der Waals surface area contributed by atoms with Gasteiger partial charge in [0.25, 0.3) is 5.91 Å². The highest BCUT2D eigenvalue weighted by Crippen LogP contribution is 2.30. The highest BCUT2D eigenvalue weighted by molar-refractivity contribution is 5.96. The van der Waals surface area contributed by atoms with Crippen molar-refractivity contribution in [1.82, 2.24) is 0 Å². The van der Waals surface area contributed by atoms with Crippen LogP contribution in [0.2, 0.25) is 0 Å². The average molecular weight is 283 g/mol. The fourth-order valence-corrected chi connectivity index (χ4v) is 2.48. The zero-order chi connectivity index (χ0) is 15.0. The molecule has 2 N–H and O–H groups in total. The summed E-state index contributed by atoms with van der Waals surface area (Å²) in [4.78, 5) is 12.3. The van der Waals surface area contributed by atoms with Gasteiger partial charge in [0.2, 0.25) is 0 Å². The number of phenols is 1. The summed E-state index contributed by atoms with van der Waals surface area (Å²) in [6, 6.07) is 11.1. The average Bonchev–Trinajstić information content (AvgIpc) is 2.88.